The number of aldehydes is 1. The number of piperidine rings is 1. The van der Waals surface area contributed by atoms with Gasteiger partial charge < -0.3 is 30.8 Å². The summed E-state index contributed by atoms with van der Waals surface area (Å²) in [5.41, 5.74) is 1.70. The van der Waals surface area contributed by atoms with Crippen LogP contribution >= 0.6 is 0 Å². The zero-order valence-corrected chi connectivity index (χ0v) is 24.6. The van der Waals surface area contributed by atoms with Crippen LogP contribution in [-0.4, -0.2) is 69.3 Å². The minimum atomic E-state index is -0.928. The molecular formula is C33H40N4O6. The molecule has 1 fully saturated rings. The SMILES string of the molecule is COC.O=CC(CC1CCCNC1=O)NC(=O)CNC(=O)C(Cc1cccc2ccccc12)NC(=O)Cc1ccccc1. The van der Waals surface area contributed by atoms with Crippen LogP contribution in [0.5, 0.6) is 0 Å². The highest BCUT2D eigenvalue weighted by atomic mass is 16.4. The summed E-state index contributed by atoms with van der Waals surface area (Å²) < 4.78 is 4.25. The standard InChI is InChI=1S/C31H34N4O5.C2H6O/c36-20-25(17-24-13-7-15-32-30(24)39)34-29(38)19-33-31(40)27(35-28(37)16-21-8-2-1-3-9-21)18-23-12-6-11-22-10-4-5-14-26(22)23;1-3-2/h1-6,8-12,14,20,24-25,27H,7,13,15-19H2,(H,32,39)(H,33,40)(H,34,38)(H,35,37);1-2H3. The molecule has 0 saturated carbocycles. The molecule has 10 heteroatoms. The zero-order valence-electron chi connectivity index (χ0n) is 24.6. The first-order valence-electron chi connectivity index (χ1n) is 14.3. The van der Waals surface area contributed by atoms with E-state index in [1.807, 2.05) is 72.8 Å². The largest absolute Gasteiger partial charge is 0.388 e. The van der Waals surface area contributed by atoms with Gasteiger partial charge in [-0.25, -0.2) is 0 Å². The normalized spacial score (nSPS) is 15.6. The van der Waals surface area contributed by atoms with Crippen LogP contribution in [0.25, 0.3) is 10.8 Å². The molecule has 0 radical (unpaired) electrons. The number of fused-ring (bicyclic) bond motifs is 1. The van der Waals surface area contributed by atoms with Crippen molar-refractivity contribution in [3.63, 3.8) is 0 Å². The van der Waals surface area contributed by atoms with Gasteiger partial charge in [-0.3, -0.25) is 19.2 Å². The lowest BCUT2D eigenvalue weighted by atomic mass is 9.92. The van der Waals surface area contributed by atoms with Crippen molar-refractivity contribution in [2.45, 2.75) is 44.2 Å². The number of methoxy groups -OCH3 is 1. The van der Waals surface area contributed by atoms with E-state index in [1.54, 1.807) is 14.2 Å². The van der Waals surface area contributed by atoms with Gasteiger partial charge >= 0.3 is 0 Å². The predicted octanol–water partition coefficient (Wildman–Crippen LogP) is 2.09. The third-order valence-electron chi connectivity index (χ3n) is 7.03. The summed E-state index contributed by atoms with van der Waals surface area (Å²) in [6.07, 6.45) is 2.61. The molecule has 4 amide bonds. The third kappa shape index (κ3) is 10.6. The first-order valence-corrected chi connectivity index (χ1v) is 14.3. The lowest BCUT2D eigenvalue weighted by molar-refractivity contribution is -0.131. The fourth-order valence-electron chi connectivity index (χ4n) is 4.99. The zero-order chi connectivity index (χ0) is 31.0. The average Bonchev–Trinajstić information content (AvgIpc) is 3.01. The van der Waals surface area contributed by atoms with Crippen molar-refractivity contribution >= 4 is 40.7 Å². The number of ether oxygens (including phenoxy) is 1. The van der Waals surface area contributed by atoms with Crippen LogP contribution in [0.2, 0.25) is 0 Å². The summed E-state index contributed by atoms with van der Waals surface area (Å²) in [5.74, 6) is -1.85. The second-order valence-corrected chi connectivity index (χ2v) is 10.4. The van der Waals surface area contributed by atoms with Gasteiger partial charge in [0.2, 0.25) is 23.6 Å². The van der Waals surface area contributed by atoms with Crippen LogP contribution in [0.15, 0.2) is 72.8 Å². The highest BCUT2D eigenvalue weighted by Gasteiger charge is 2.27. The van der Waals surface area contributed by atoms with Crippen molar-refractivity contribution in [2.24, 2.45) is 5.92 Å². The van der Waals surface area contributed by atoms with Gasteiger partial charge in [-0.1, -0.05) is 72.8 Å². The molecular weight excluding hydrogens is 548 g/mol. The Balaban J connectivity index is 0.00000162. The Morgan fingerprint density at radius 1 is 0.953 bits per heavy atom. The molecule has 10 nitrogen and oxygen atoms in total. The topological polar surface area (TPSA) is 143 Å². The first-order chi connectivity index (χ1) is 20.8. The van der Waals surface area contributed by atoms with E-state index < -0.39 is 23.9 Å². The maximum atomic E-state index is 13.3. The average molecular weight is 589 g/mol. The molecule has 3 aromatic carbocycles. The minimum absolute atomic E-state index is 0.108. The quantitative estimate of drug-likeness (QED) is 0.239. The number of carbonyl (C=O) groups excluding carboxylic acids is 5. The molecule has 1 aliphatic heterocycles. The number of hydrogen-bond acceptors (Lipinski definition) is 6. The molecule has 4 rings (SSSR count). The smallest absolute Gasteiger partial charge is 0.243 e. The Morgan fingerprint density at radius 3 is 2.37 bits per heavy atom. The van der Waals surface area contributed by atoms with Crippen molar-refractivity contribution in [3.8, 4) is 0 Å². The fraction of sp³-hybridized carbons (Fsp3) is 0.364. The van der Waals surface area contributed by atoms with E-state index in [0.29, 0.717) is 19.3 Å². The lowest BCUT2D eigenvalue weighted by Gasteiger charge is -2.24. The van der Waals surface area contributed by atoms with Gasteiger partial charge in [-0.2, -0.15) is 0 Å². The molecule has 0 bridgehead atoms. The summed E-state index contributed by atoms with van der Waals surface area (Å²) in [6.45, 7) is 0.238. The number of nitrogens with one attached hydrogen (secondary N) is 4. The van der Waals surface area contributed by atoms with Gasteiger partial charge in [0.1, 0.15) is 12.3 Å². The Morgan fingerprint density at radius 2 is 1.65 bits per heavy atom. The van der Waals surface area contributed by atoms with Crippen LogP contribution in [0.4, 0.5) is 0 Å². The van der Waals surface area contributed by atoms with Gasteiger partial charge in [0.05, 0.1) is 19.0 Å². The summed E-state index contributed by atoms with van der Waals surface area (Å²) in [5, 5.41) is 12.8. The second kappa shape index (κ2) is 17.4. The first kappa shape index (κ1) is 32.9. The number of hydrogen-bond donors (Lipinski definition) is 4. The molecule has 1 heterocycles. The van der Waals surface area contributed by atoms with Gasteiger partial charge in [0.15, 0.2) is 0 Å². The van der Waals surface area contributed by atoms with E-state index >= 15 is 0 Å². The summed E-state index contributed by atoms with van der Waals surface area (Å²) in [6, 6.07) is 21.0. The van der Waals surface area contributed by atoms with Crippen LogP contribution in [0, 0.1) is 5.92 Å². The molecule has 0 spiro atoms. The van der Waals surface area contributed by atoms with Crippen molar-refractivity contribution in [1.82, 2.24) is 21.3 Å². The minimum Gasteiger partial charge on any atom is -0.388 e. The van der Waals surface area contributed by atoms with Crippen LogP contribution in [-0.2, 0) is 41.6 Å². The van der Waals surface area contributed by atoms with Crippen LogP contribution < -0.4 is 21.3 Å². The number of carbonyl (C=O) groups is 5. The van der Waals surface area contributed by atoms with Gasteiger partial charge in [-0.05, 0) is 41.2 Å². The molecule has 3 unspecified atom stereocenters. The maximum Gasteiger partial charge on any atom is 0.243 e. The van der Waals surface area contributed by atoms with E-state index in [4.69, 9.17) is 0 Å². The summed E-state index contributed by atoms with van der Waals surface area (Å²) in [4.78, 5) is 62.3. The molecule has 0 aliphatic carbocycles. The lowest BCUT2D eigenvalue weighted by Crippen LogP contribution is -2.51. The Bertz CT molecular complexity index is 1370. The van der Waals surface area contributed by atoms with Crippen molar-refractivity contribution in [2.75, 3.05) is 27.3 Å². The van der Waals surface area contributed by atoms with E-state index in [-0.39, 0.29) is 43.5 Å². The molecule has 0 aromatic heterocycles. The predicted molar refractivity (Wildman–Crippen MR) is 164 cm³/mol. The highest BCUT2D eigenvalue weighted by Crippen LogP contribution is 2.20. The van der Waals surface area contributed by atoms with Crippen molar-refractivity contribution in [3.05, 3.63) is 83.9 Å². The third-order valence-corrected chi connectivity index (χ3v) is 7.03. The summed E-state index contributed by atoms with van der Waals surface area (Å²) in [7, 11) is 3.25. The van der Waals surface area contributed by atoms with Crippen LogP contribution in [0.1, 0.15) is 30.4 Å². The Labute approximate surface area is 251 Å². The Kier molecular flexibility index (Phi) is 13.3. The Hall–Kier alpha value is -4.57. The maximum absolute atomic E-state index is 13.3. The van der Waals surface area contributed by atoms with E-state index in [1.165, 1.54) is 0 Å². The van der Waals surface area contributed by atoms with Crippen molar-refractivity contribution < 1.29 is 28.7 Å². The molecule has 4 N–H and O–H groups in total. The highest BCUT2D eigenvalue weighted by molar-refractivity contribution is 5.93. The van der Waals surface area contributed by atoms with Gasteiger partial charge in [0, 0.05) is 33.1 Å². The van der Waals surface area contributed by atoms with Gasteiger partial charge in [0.25, 0.3) is 0 Å². The number of benzene rings is 3. The molecule has 3 atom stereocenters. The van der Waals surface area contributed by atoms with E-state index in [0.717, 1.165) is 28.3 Å². The van der Waals surface area contributed by atoms with Crippen LogP contribution in [0.3, 0.4) is 0 Å². The number of rotatable bonds is 12. The molecule has 228 valence electrons. The molecule has 1 aliphatic rings. The molecule has 43 heavy (non-hydrogen) atoms. The molecule has 3 aromatic rings. The van der Waals surface area contributed by atoms with Crippen molar-refractivity contribution in [1.29, 1.82) is 0 Å². The van der Waals surface area contributed by atoms with Gasteiger partial charge in [-0.15, -0.1) is 0 Å². The second-order valence-electron chi connectivity index (χ2n) is 10.4. The molecule has 1 saturated heterocycles. The summed E-state index contributed by atoms with van der Waals surface area (Å²) >= 11 is 0. The van der Waals surface area contributed by atoms with E-state index in [9.17, 15) is 24.0 Å². The number of amides is 4. The monoisotopic (exact) mass is 588 g/mol. The fourth-order valence-corrected chi connectivity index (χ4v) is 4.99. The van der Waals surface area contributed by atoms with E-state index in [2.05, 4.69) is 26.0 Å².